The topological polar surface area (TPSA) is 63.6 Å². The van der Waals surface area contributed by atoms with E-state index in [-0.39, 0.29) is 78.7 Å². The molecule has 0 heterocycles. The van der Waals surface area contributed by atoms with Crippen LogP contribution in [0.2, 0.25) is 0 Å². The molecule has 23 heavy (non-hydrogen) atoms. The van der Waals surface area contributed by atoms with E-state index in [9.17, 15) is 14.0 Å². The SMILES string of the molecule is O=C(O)c1ccccc1C(=O)OC#Cc1ccccc1F.[H-].[H-].[Na+].[Na+]. The molecule has 0 aliphatic heterocycles. The molecule has 0 aromatic heterocycles. The Balaban J connectivity index is -0.00000121. The summed E-state index contributed by atoms with van der Waals surface area (Å²) in [6.07, 6.45) is 2.07. The minimum absolute atomic E-state index is 0. The van der Waals surface area contributed by atoms with Gasteiger partial charge in [0, 0.05) is 0 Å². The summed E-state index contributed by atoms with van der Waals surface area (Å²) in [5.74, 6) is -0.340. The number of halogens is 1. The van der Waals surface area contributed by atoms with Gasteiger partial charge in [-0.1, -0.05) is 24.3 Å². The molecule has 0 saturated carbocycles. The first-order chi connectivity index (χ1) is 10.1. The Bertz CT molecular complexity index is 776. The van der Waals surface area contributed by atoms with Crippen LogP contribution >= 0.6 is 0 Å². The van der Waals surface area contributed by atoms with E-state index in [1.165, 1.54) is 42.5 Å². The zero-order valence-electron chi connectivity index (χ0n) is 14.7. The third-order valence-corrected chi connectivity index (χ3v) is 2.58. The average molecular weight is 332 g/mol. The van der Waals surface area contributed by atoms with Gasteiger partial charge in [-0.05, 0) is 30.2 Å². The van der Waals surface area contributed by atoms with Gasteiger partial charge in [0.2, 0.25) is 0 Å². The third-order valence-electron chi connectivity index (χ3n) is 2.58. The van der Waals surface area contributed by atoms with Gasteiger partial charge in [0.25, 0.3) is 0 Å². The predicted octanol–water partition coefficient (Wildman–Crippen LogP) is -3.08. The molecule has 0 bridgehead atoms. The first kappa shape index (κ1) is 21.9. The number of rotatable bonds is 2. The Labute approximate surface area is 179 Å². The fourth-order valence-electron chi connectivity index (χ4n) is 1.59. The summed E-state index contributed by atoms with van der Waals surface area (Å²) >= 11 is 0. The third kappa shape index (κ3) is 6.11. The molecule has 2 aromatic carbocycles. The van der Waals surface area contributed by atoms with Crippen LogP contribution in [-0.2, 0) is 4.74 Å². The van der Waals surface area contributed by atoms with Crippen LogP contribution in [0.15, 0.2) is 48.5 Å². The van der Waals surface area contributed by atoms with Crippen molar-refractivity contribution in [1.82, 2.24) is 0 Å². The second kappa shape index (κ2) is 10.6. The van der Waals surface area contributed by atoms with Crippen LogP contribution in [0.25, 0.3) is 0 Å². The molecule has 4 nitrogen and oxygen atoms in total. The largest absolute Gasteiger partial charge is 1.00 e. The van der Waals surface area contributed by atoms with Gasteiger partial charge < -0.3 is 12.7 Å². The fraction of sp³-hybridized carbons (Fsp3) is 0. The molecule has 2 aromatic rings. The van der Waals surface area contributed by atoms with Crippen LogP contribution in [0.1, 0.15) is 29.1 Å². The van der Waals surface area contributed by atoms with Gasteiger partial charge in [-0.25, -0.2) is 14.0 Å². The van der Waals surface area contributed by atoms with Gasteiger partial charge in [-0.3, -0.25) is 0 Å². The standard InChI is InChI=1S/C16H9FO4.2Na.2H/c17-14-8-4-1-5-11(14)9-10-21-16(20)13-7-3-2-6-12(13)15(18)19;;;;/h1-8H,(H,18,19);;;;/q;2*+1;2*-1. The zero-order chi connectivity index (χ0) is 15.2. The van der Waals surface area contributed by atoms with Crippen molar-refractivity contribution < 1.29 is 85.8 Å². The van der Waals surface area contributed by atoms with Crippen LogP contribution in [0.5, 0.6) is 0 Å². The van der Waals surface area contributed by atoms with E-state index in [0.717, 1.165) is 0 Å². The number of benzene rings is 2. The zero-order valence-corrected chi connectivity index (χ0v) is 16.7. The molecular weight excluding hydrogens is 321 g/mol. The van der Waals surface area contributed by atoms with Crippen LogP contribution in [-0.4, -0.2) is 17.0 Å². The van der Waals surface area contributed by atoms with Crippen molar-refractivity contribution in [2.75, 3.05) is 0 Å². The van der Waals surface area contributed by atoms with E-state index < -0.39 is 17.8 Å². The molecule has 0 radical (unpaired) electrons. The summed E-state index contributed by atoms with van der Waals surface area (Å²) in [7, 11) is 0. The number of hydrogen-bond acceptors (Lipinski definition) is 3. The number of hydrogen-bond donors (Lipinski definition) is 1. The Hall–Kier alpha value is -1.13. The Morgan fingerprint density at radius 3 is 2.17 bits per heavy atom. The molecule has 0 amide bonds. The Kier molecular flexibility index (Phi) is 10.1. The molecule has 0 aliphatic rings. The second-order valence-electron chi connectivity index (χ2n) is 3.95. The molecule has 7 heteroatoms. The minimum atomic E-state index is -1.25. The van der Waals surface area contributed by atoms with Gasteiger partial charge >= 0.3 is 71.1 Å². The number of carboxylic acids is 1. The quantitative estimate of drug-likeness (QED) is 0.360. The molecule has 0 fully saturated rings. The minimum Gasteiger partial charge on any atom is -1.00 e. The van der Waals surface area contributed by atoms with Gasteiger partial charge in [0.15, 0.2) is 0 Å². The molecule has 108 valence electrons. The molecule has 0 unspecified atom stereocenters. The number of ether oxygens (including phenoxy) is 1. The second-order valence-corrected chi connectivity index (χ2v) is 3.95. The van der Waals surface area contributed by atoms with Crippen molar-refractivity contribution in [2.24, 2.45) is 0 Å². The first-order valence-electron chi connectivity index (χ1n) is 5.88. The van der Waals surface area contributed by atoms with Gasteiger partial charge in [0.1, 0.15) is 11.9 Å². The number of aromatic carboxylic acids is 1. The number of esters is 1. The van der Waals surface area contributed by atoms with E-state index in [4.69, 9.17) is 5.11 Å². The van der Waals surface area contributed by atoms with Crippen molar-refractivity contribution in [3.05, 3.63) is 71.0 Å². The van der Waals surface area contributed by atoms with Crippen LogP contribution in [0, 0.1) is 17.8 Å². The first-order valence-corrected chi connectivity index (χ1v) is 5.88. The van der Waals surface area contributed by atoms with Crippen molar-refractivity contribution in [3.63, 3.8) is 0 Å². The normalized spacial score (nSPS) is 8.57. The molecular formula is C16H11FNa2O4. The Morgan fingerprint density at radius 2 is 1.57 bits per heavy atom. The predicted molar refractivity (Wildman–Crippen MR) is 74.3 cm³/mol. The van der Waals surface area contributed by atoms with E-state index in [1.54, 1.807) is 6.07 Å². The molecule has 0 spiro atoms. The Morgan fingerprint density at radius 1 is 1.00 bits per heavy atom. The summed E-state index contributed by atoms with van der Waals surface area (Å²) in [5.41, 5.74) is -0.222. The van der Waals surface area contributed by atoms with E-state index in [2.05, 4.69) is 16.8 Å². The van der Waals surface area contributed by atoms with Crippen molar-refractivity contribution >= 4 is 11.9 Å². The van der Waals surface area contributed by atoms with E-state index >= 15 is 0 Å². The molecule has 2 rings (SSSR count). The van der Waals surface area contributed by atoms with Crippen molar-refractivity contribution in [2.45, 2.75) is 0 Å². The molecule has 1 N–H and O–H groups in total. The maximum absolute atomic E-state index is 13.3. The summed E-state index contributed by atoms with van der Waals surface area (Å²) in [6, 6.07) is 11.4. The number of carbonyl (C=O) groups excluding carboxylic acids is 1. The molecule has 0 aliphatic carbocycles. The monoisotopic (exact) mass is 332 g/mol. The van der Waals surface area contributed by atoms with Crippen molar-refractivity contribution in [3.8, 4) is 12.0 Å². The van der Waals surface area contributed by atoms with E-state index in [1.807, 2.05) is 0 Å². The molecule has 0 atom stereocenters. The van der Waals surface area contributed by atoms with E-state index in [0.29, 0.717) is 0 Å². The van der Waals surface area contributed by atoms with Crippen molar-refractivity contribution in [1.29, 1.82) is 0 Å². The maximum atomic E-state index is 13.3. The average Bonchev–Trinajstić information content (AvgIpc) is 2.49. The summed E-state index contributed by atoms with van der Waals surface area (Å²) in [6.45, 7) is 0. The molecule has 0 saturated heterocycles. The summed E-state index contributed by atoms with van der Waals surface area (Å²) < 4.78 is 17.9. The number of carboxylic acid groups (broad SMARTS) is 1. The van der Waals surface area contributed by atoms with Crippen LogP contribution in [0.3, 0.4) is 0 Å². The summed E-state index contributed by atoms with van der Waals surface area (Å²) in [5, 5.41) is 8.96. The fourth-order valence-corrected chi connectivity index (χ4v) is 1.59. The summed E-state index contributed by atoms with van der Waals surface area (Å²) in [4.78, 5) is 22.7. The van der Waals surface area contributed by atoms with Crippen LogP contribution in [0.4, 0.5) is 4.39 Å². The van der Waals surface area contributed by atoms with Crippen LogP contribution < -0.4 is 59.1 Å². The maximum Gasteiger partial charge on any atom is 1.00 e. The van der Waals surface area contributed by atoms with Gasteiger partial charge in [0.05, 0.1) is 16.7 Å². The van der Waals surface area contributed by atoms with Gasteiger partial charge in [-0.15, -0.1) is 0 Å². The smallest absolute Gasteiger partial charge is 1.00 e. The van der Waals surface area contributed by atoms with Gasteiger partial charge in [-0.2, -0.15) is 0 Å². The number of carbonyl (C=O) groups is 2.